The fraction of sp³-hybridized carbons (Fsp3) is 1.00. The Kier molecular flexibility index (Phi) is 17.1. The molecule has 5 heteroatoms. The molecule has 0 spiro atoms. The van der Waals surface area contributed by atoms with E-state index in [1.807, 2.05) is 6.92 Å². The third kappa shape index (κ3) is 16.1. The van der Waals surface area contributed by atoms with E-state index in [2.05, 4.69) is 6.92 Å². The molecule has 0 N–H and O–H groups in total. The van der Waals surface area contributed by atoms with Gasteiger partial charge in [-0.1, -0.05) is 26.2 Å². The molecule has 0 aromatic carbocycles. The summed E-state index contributed by atoms with van der Waals surface area (Å²) in [5.41, 5.74) is 0. The van der Waals surface area contributed by atoms with Crippen LogP contribution < -0.4 is 0 Å². The average molecular weight is 276 g/mol. The molecule has 0 saturated heterocycles. The van der Waals surface area contributed by atoms with Crippen molar-refractivity contribution in [2.45, 2.75) is 39.2 Å². The van der Waals surface area contributed by atoms with E-state index < -0.39 is 0 Å². The van der Waals surface area contributed by atoms with E-state index in [1.165, 1.54) is 25.3 Å². The van der Waals surface area contributed by atoms with E-state index in [0.717, 1.165) is 6.61 Å². The van der Waals surface area contributed by atoms with E-state index in [1.54, 1.807) is 0 Å². The lowest BCUT2D eigenvalue weighted by Gasteiger charge is -2.06. The van der Waals surface area contributed by atoms with Crippen molar-refractivity contribution in [1.29, 1.82) is 0 Å². The van der Waals surface area contributed by atoms with Crippen LogP contribution in [0.2, 0.25) is 6.04 Å². The molecular weight excluding hydrogens is 248 g/mol. The van der Waals surface area contributed by atoms with Gasteiger partial charge in [0.2, 0.25) is 9.76 Å². The summed E-state index contributed by atoms with van der Waals surface area (Å²) in [6.07, 6.45) is 3.87. The molecule has 4 nitrogen and oxygen atoms in total. The zero-order valence-corrected chi connectivity index (χ0v) is 12.9. The quantitative estimate of drug-likeness (QED) is 0.340. The maximum absolute atomic E-state index is 5.48. The molecular formula is C13H28O4Si. The van der Waals surface area contributed by atoms with Crippen LogP contribution in [0.5, 0.6) is 0 Å². The molecule has 0 aliphatic heterocycles. The lowest BCUT2D eigenvalue weighted by molar-refractivity contribution is 0.0115. The lowest BCUT2D eigenvalue weighted by atomic mass is 10.3. The molecule has 0 saturated carbocycles. The summed E-state index contributed by atoms with van der Waals surface area (Å²) in [4.78, 5) is 0. The summed E-state index contributed by atoms with van der Waals surface area (Å²) in [7, 11) is 0.626. The van der Waals surface area contributed by atoms with Gasteiger partial charge in [-0.05, 0) is 13.0 Å². The monoisotopic (exact) mass is 276 g/mol. The maximum atomic E-state index is 5.48. The minimum atomic E-state index is 0.626. The predicted molar refractivity (Wildman–Crippen MR) is 74.2 cm³/mol. The number of hydrogen-bond donors (Lipinski definition) is 0. The molecule has 0 rings (SSSR count). The Hall–Kier alpha value is 0.0569. The highest BCUT2D eigenvalue weighted by Crippen LogP contribution is 1.98. The van der Waals surface area contributed by atoms with Crippen molar-refractivity contribution in [1.82, 2.24) is 0 Å². The second kappa shape index (κ2) is 17.1. The number of ether oxygens (including phenoxy) is 3. The largest absolute Gasteiger partial charge is 0.415 e. The Balaban J connectivity index is 2.86. The molecule has 18 heavy (non-hydrogen) atoms. The van der Waals surface area contributed by atoms with Gasteiger partial charge >= 0.3 is 0 Å². The highest BCUT2D eigenvalue weighted by atomic mass is 28.2. The van der Waals surface area contributed by atoms with Gasteiger partial charge in [0, 0.05) is 6.61 Å². The highest BCUT2D eigenvalue weighted by molar-refractivity contribution is 6.26. The van der Waals surface area contributed by atoms with Gasteiger partial charge in [-0.15, -0.1) is 0 Å². The lowest BCUT2D eigenvalue weighted by Crippen LogP contribution is -2.12. The average Bonchev–Trinajstić information content (AvgIpc) is 2.39. The molecule has 0 fully saturated rings. The highest BCUT2D eigenvalue weighted by Gasteiger charge is 1.93. The van der Waals surface area contributed by atoms with E-state index >= 15 is 0 Å². The van der Waals surface area contributed by atoms with Crippen molar-refractivity contribution in [3.63, 3.8) is 0 Å². The topological polar surface area (TPSA) is 36.9 Å². The SMILES string of the molecule is CCCCC[Si]OCCOCCOCCOCC. The third-order valence-corrected chi connectivity index (χ3v) is 3.23. The summed E-state index contributed by atoms with van der Waals surface area (Å²) in [6, 6.07) is 1.19. The number of unbranched alkanes of at least 4 members (excludes halogenated alkanes) is 2. The van der Waals surface area contributed by atoms with Crippen molar-refractivity contribution in [3.05, 3.63) is 0 Å². The zero-order valence-electron chi connectivity index (χ0n) is 11.9. The van der Waals surface area contributed by atoms with Crippen LogP contribution in [0, 0.1) is 0 Å². The molecule has 0 aromatic rings. The Bertz CT molecular complexity index is 131. The number of rotatable bonds is 15. The van der Waals surface area contributed by atoms with Crippen LogP contribution >= 0.6 is 0 Å². The van der Waals surface area contributed by atoms with E-state index in [9.17, 15) is 0 Å². The molecule has 2 radical (unpaired) electrons. The Morgan fingerprint density at radius 2 is 1.33 bits per heavy atom. The van der Waals surface area contributed by atoms with Crippen LogP contribution in [-0.2, 0) is 18.6 Å². The molecule has 0 aliphatic carbocycles. The summed E-state index contributed by atoms with van der Waals surface area (Å²) in [5.74, 6) is 0. The molecule has 0 heterocycles. The zero-order chi connectivity index (χ0) is 13.3. The van der Waals surface area contributed by atoms with Crippen LogP contribution in [0.4, 0.5) is 0 Å². The second-order valence-corrected chi connectivity index (χ2v) is 4.95. The van der Waals surface area contributed by atoms with Gasteiger partial charge in [0.1, 0.15) is 0 Å². The van der Waals surface area contributed by atoms with Gasteiger partial charge in [-0.3, -0.25) is 0 Å². The molecule has 0 atom stereocenters. The van der Waals surface area contributed by atoms with E-state index in [0.29, 0.717) is 49.4 Å². The smallest absolute Gasteiger partial charge is 0.229 e. The summed E-state index contributed by atoms with van der Waals surface area (Å²) in [5, 5.41) is 0. The predicted octanol–water partition coefficient (Wildman–Crippen LogP) is 2.30. The van der Waals surface area contributed by atoms with Gasteiger partial charge in [0.05, 0.1) is 39.6 Å². The van der Waals surface area contributed by atoms with Crippen molar-refractivity contribution >= 4 is 9.76 Å². The normalized spacial score (nSPS) is 11.0. The Labute approximate surface area is 114 Å². The van der Waals surface area contributed by atoms with Crippen molar-refractivity contribution in [2.75, 3.05) is 46.2 Å². The van der Waals surface area contributed by atoms with Crippen LogP contribution in [0.3, 0.4) is 0 Å². The molecule has 108 valence electrons. The van der Waals surface area contributed by atoms with Gasteiger partial charge in [0.15, 0.2) is 0 Å². The minimum absolute atomic E-state index is 0.626. The van der Waals surface area contributed by atoms with E-state index in [-0.39, 0.29) is 0 Å². The van der Waals surface area contributed by atoms with Crippen molar-refractivity contribution in [3.8, 4) is 0 Å². The minimum Gasteiger partial charge on any atom is -0.415 e. The maximum Gasteiger partial charge on any atom is 0.229 e. The molecule has 0 amide bonds. The first-order chi connectivity index (χ1) is 8.91. The summed E-state index contributed by atoms with van der Waals surface area (Å²) in [6.45, 7) is 8.88. The number of hydrogen-bond acceptors (Lipinski definition) is 4. The molecule has 0 aliphatic rings. The fourth-order valence-electron chi connectivity index (χ4n) is 1.28. The van der Waals surface area contributed by atoms with Crippen LogP contribution in [0.25, 0.3) is 0 Å². The van der Waals surface area contributed by atoms with E-state index in [4.69, 9.17) is 18.6 Å². The molecule has 0 aromatic heterocycles. The van der Waals surface area contributed by atoms with Crippen LogP contribution in [0.1, 0.15) is 33.1 Å². The molecule has 0 unspecified atom stereocenters. The first-order valence-corrected chi connectivity index (χ1v) is 8.11. The second-order valence-electron chi connectivity index (χ2n) is 3.87. The van der Waals surface area contributed by atoms with Crippen LogP contribution in [0.15, 0.2) is 0 Å². The van der Waals surface area contributed by atoms with Gasteiger partial charge in [0.25, 0.3) is 0 Å². The van der Waals surface area contributed by atoms with Crippen molar-refractivity contribution < 1.29 is 18.6 Å². The standard InChI is InChI=1S/C13H28O4Si/c1-3-5-6-13-18-17-12-11-16-10-9-15-8-7-14-4-2/h3-13H2,1-2H3. The first-order valence-electron chi connectivity index (χ1n) is 6.99. The summed E-state index contributed by atoms with van der Waals surface area (Å²) >= 11 is 0. The van der Waals surface area contributed by atoms with Crippen molar-refractivity contribution in [2.24, 2.45) is 0 Å². The molecule has 0 bridgehead atoms. The van der Waals surface area contributed by atoms with Gasteiger partial charge in [-0.25, -0.2) is 0 Å². The fourth-order valence-corrected chi connectivity index (χ4v) is 2.04. The Morgan fingerprint density at radius 3 is 1.94 bits per heavy atom. The van der Waals surface area contributed by atoms with Gasteiger partial charge < -0.3 is 18.6 Å². The first kappa shape index (κ1) is 18.1. The van der Waals surface area contributed by atoms with Gasteiger partial charge in [-0.2, -0.15) is 0 Å². The Morgan fingerprint density at radius 1 is 0.722 bits per heavy atom. The third-order valence-electron chi connectivity index (χ3n) is 2.26. The van der Waals surface area contributed by atoms with Crippen LogP contribution in [-0.4, -0.2) is 56.0 Å². The summed E-state index contributed by atoms with van der Waals surface area (Å²) < 4.78 is 21.3.